The van der Waals surface area contributed by atoms with Crippen molar-refractivity contribution >= 4 is 24.0 Å². The van der Waals surface area contributed by atoms with Crippen molar-refractivity contribution in [2.75, 3.05) is 26.9 Å². The minimum absolute atomic E-state index is 0.376. The molecular formula is C18H24N2O6. The number of hydrogen-bond donors (Lipinski definition) is 2. The number of rotatable bonds is 9. The first-order chi connectivity index (χ1) is 12.5. The molecule has 0 saturated carbocycles. The highest BCUT2D eigenvalue weighted by Crippen LogP contribution is 2.28. The van der Waals surface area contributed by atoms with Crippen molar-refractivity contribution in [2.45, 2.75) is 20.3 Å². The number of methoxy groups -OCH3 is 1. The van der Waals surface area contributed by atoms with Crippen LogP contribution in [-0.4, -0.2) is 44.8 Å². The summed E-state index contributed by atoms with van der Waals surface area (Å²) in [4.78, 5) is 34.4. The van der Waals surface area contributed by atoms with E-state index in [-0.39, 0.29) is 0 Å². The molecule has 26 heavy (non-hydrogen) atoms. The third-order valence-electron chi connectivity index (χ3n) is 3.05. The average molecular weight is 364 g/mol. The third-order valence-corrected chi connectivity index (χ3v) is 3.05. The van der Waals surface area contributed by atoms with Gasteiger partial charge in [-0.2, -0.15) is 0 Å². The van der Waals surface area contributed by atoms with Crippen LogP contribution >= 0.6 is 0 Å². The minimum Gasteiger partial charge on any atom is -0.493 e. The molecule has 1 rings (SSSR count). The first kappa shape index (κ1) is 21.0. The topological polar surface area (TPSA) is 103 Å². The molecule has 8 nitrogen and oxygen atoms in total. The van der Waals surface area contributed by atoms with Crippen molar-refractivity contribution in [1.29, 1.82) is 0 Å². The van der Waals surface area contributed by atoms with E-state index in [0.717, 1.165) is 12.0 Å². The summed E-state index contributed by atoms with van der Waals surface area (Å²) < 4.78 is 15.3. The molecule has 0 aliphatic carbocycles. The smallest absolute Gasteiger partial charge is 0.344 e. The summed E-state index contributed by atoms with van der Waals surface area (Å²) in [6.07, 6.45) is 4.53. The molecule has 0 atom stereocenters. The molecule has 142 valence electrons. The maximum absolute atomic E-state index is 11.7. The van der Waals surface area contributed by atoms with Crippen LogP contribution in [0.4, 0.5) is 4.79 Å². The quantitative estimate of drug-likeness (QED) is 0.649. The number of amides is 3. The third kappa shape index (κ3) is 7.69. The van der Waals surface area contributed by atoms with Gasteiger partial charge in [-0.25, -0.2) is 9.59 Å². The Morgan fingerprint density at radius 2 is 1.92 bits per heavy atom. The van der Waals surface area contributed by atoms with E-state index in [1.165, 1.54) is 7.11 Å². The Bertz CT molecular complexity index is 657. The fourth-order valence-electron chi connectivity index (χ4n) is 1.87. The molecule has 8 heteroatoms. The molecule has 0 radical (unpaired) electrons. The summed E-state index contributed by atoms with van der Waals surface area (Å²) in [5.41, 5.74) is 0.928. The van der Waals surface area contributed by atoms with E-state index in [9.17, 15) is 14.4 Å². The maximum Gasteiger partial charge on any atom is 0.344 e. The summed E-state index contributed by atoms with van der Waals surface area (Å²) >= 11 is 0. The minimum atomic E-state index is -0.742. The Morgan fingerprint density at radius 1 is 1.15 bits per heavy atom. The number of ether oxygens (including phenoxy) is 3. The fraction of sp³-hybridized carbons (Fsp3) is 0.389. The molecule has 1 aromatic rings. The lowest BCUT2D eigenvalue weighted by Crippen LogP contribution is -2.41. The normalized spacial score (nSPS) is 10.3. The lowest BCUT2D eigenvalue weighted by molar-refractivity contribution is -0.150. The monoisotopic (exact) mass is 364 g/mol. The molecule has 2 N–H and O–H groups in total. The van der Waals surface area contributed by atoms with Crippen LogP contribution < -0.4 is 20.1 Å². The molecule has 0 aromatic heterocycles. The van der Waals surface area contributed by atoms with Crippen LogP contribution in [-0.2, 0) is 14.3 Å². The van der Waals surface area contributed by atoms with E-state index < -0.39 is 31.1 Å². The van der Waals surface area contributed by atoms with Crippen LogP contribution in [0.25, 0.3) is 6.08 Å². The van der Waals surface area contributed by atoms with Gasteiger partial charge in [-0.1, -0.05) is 25.1 Å². The second-order valence-corrected chi connectivity index (χ2v) is 5.16. The Hall–Kier alpha value is -3.03. The molecule has 3 amide bonds. The van der Waals surface area contributed by atoms with Gasteiger partial charge < -0.3 is 19.5 Å². The van der Waals surface area contributed by atoms with Crippen LogP contribution in [0.3, 0.4) is 0 Å². The molecule has 0 unspecified atom stereocenters. The van der Waals surface area contributed by atoms with E-state index >= 15 is 0 Å². The van der Waals surface area contributed by atoms with Crippen LogP contribution in [0, 0.1) is 0 Å². The Labute approximate surface area is 152 Å². The number of allylic oxidation sites excluding steroid dienone is 1. The van der Waals surface area contributed by atoms with Gasteiger partial charge in [-0.05, 0) is 31.0 Å². The number of hydrogen-bond acceptors (Lipinski definition) is 6. The number of nitrogens with one attached hydrogen (secondary N) is 2. The van der Waals surface area contributed by atoms with E-state index in [1.54, 1.807) is 12.1 Å². The van der Waals surface area contributed by atoms with Gasteiger partial charge in [0.15, 0.2) is 24.7 Å². The van der Waals surface area contributed by atoms with E-state index in [2.05, 4.69) is 5.32 Å². The summed E-state index contributed by atoms with van der Waals surface area (Å²) in [7, 11) is 1.49. The fourth-order valence-corrected chi connectivity index (χ4v) is 1.87. The van der Waals surface area contributed by atoms with Gasteiger partial charge in [0.25, 0.3) is 5.91 Å². The van der Waals surface area contributed by atoms with E-state index in [4.69, 9.17) is 14.2 Å². The molecule has 0 saturated heterocycles. The molecular weight excluding hydrogens is 340 g/mol. The van der Waals surface area contributed by atoms with Crippen molar-refractivity contribution < 1.29 is 28.6 Å². The van der Waals surface area contributed by atoms with Crippen molar-refractivity contribution in [1.82, 2.24) is 10.6 Å². The standard InChI is InChI=1S/C18H24N2O6/c1-4-6-13-7-8-14(15(10-13)24-3)25-12-17(22)26-11-16(21)20-18(23)19-9-5-2/h4,6-8,10H,5,9,11-12H2,1-3H3,(H2,19,20,21,23). The molecule has 0 aliphatic rings. The van der Waals surface area contributed by atoms with Crippen LogP contribution in [0.5, 0.6) is 11.5 Å². The number of carbonyl (C=O) groups is 3. The second-order valence-electron chi connectivity index (χ2n) is 5.16. The highest BCUT2D eigenvalue weighted by Gasteiger charge is 2.12. The highest BCUT2D eigenvalue weighted by molar-refractivity contribution is 5.95. The van der Waals surface area contributed by atoms with Gasteiger partial charge >= 0.3 is 12.0 Å². The second kappa shape index (κ2) is 11.5. The van der Waals surface area contributed by atoms with Gasteiger partial charge in [0.05, 0.1) is 7.11 Å². The van der Waals surface area contributed by atoms with Gasteiger partial charge in [0, 0.05) is 6.54 Å². The van der Waals surface area contributed by atoms with Crippen molar-refractivity contribution in [2.24, 2.45) is 0 Å². The largest absolute Gasteiger partial charge is 0.493 e. The number of imide groups is 1. The Kier molecular flexibility index (Phi) is 9.30. The first-order valence-corrected chi connectivity index (χ1v) is 8.17. The van der Waals surface area contributed by atoms with Gasteiger partial charge in [0.2, 0.25) is 0 Å². The summed E-state index contributed by atoms with van der Waals surface area (Å²) in [5.74, 6) is -0.617. The number of urea groups is 1. The summed E-state index contributed by atoms with van der Waals surface area (Å²) in [6, 6.07) is 4.62. The predicted octanol–water partition coefficient (Wildman–Crippen LogP) is 1.89. The molecule has 0 spiro atoms. The Balaban J connectivity index is 2.42. The molecule has 1 aromatic carbocycles. The van der Waals surface area contributed by atoms with Gasteiger partial charge in [-0.3, -0.25) is 10.1 Å². The Morgan fingerprint density at radius 3 is 2.58 bits per heavy atom. The average Bonchev–Trinajstić information content (AvgIpc) is 2.63. The lowest BCUT2D eigenvalue weighted by Gasteiger charge is -2.11. The zero-order valence-corrected chi connectivity index (χ0v) is 15.2. The first-order valence-electron chi connectivity index (χ1n) is 8.17. The van der Waals surface area contributed by atoms with Crippen LogP contribution in [0.2, 0.25) is 0 Å². The molecule has 0 bridgehead atoms. The molecule has 0 aliphatic heterocycles. The number of benzene rings is 1. The number of carbonyl (C=O) groups excluding carboxylic acids is 3. The predicted molar refractivity (Wildman–Crippen MR) is 96.0 cm³/mol. The van der Waals surface area contributed by atoms with E-state index in [1.807, 2.05) is 37.4 Å². The van der Waals surface area contributed by atoms with Crippen molar-refractivity contribution in [3.05, 3.63) is 29.8 Å². The van der Waals surface area contributed by atoms with E-state index in [0.29, 0.717) is 18.0 Å². The lowest BCUT2D eigenvalue weighted by atomic mass is 10.2. The maximum atomic E-state index is 11.7. The van der Waals surface area contributed by atoms with Crippen LogP contribution in [0.1, 0.15) is 25.8 Å². The van der Waals surface area contributed by atoms with Crippen molar-refractivity contribution in [3.8, 4) is 11.5 Å². The SMILES string of the molecule is CC=Cc1ccc(OCC(=O)OCC(=O)NC(=O)NCCC)c(OC)c1. The van der Waals surface area contributed by atoms with Crippen molar-refractivity contribution in [3.63, 3.8) is 0 Å². The zero-order valence-electron chi connectivity index (χ0n) is 15.2. The summed E-state index contributed by atoms with van der Waals surface area (Å²) in [5, 5.41) is 4.52. The zero-order chi connectivity index (χ0) is 19.4. The van der Waals surface area contributed by atoms with Gasteiger partial charge in [-0.15, -0.1) is 0 Å². The summed E-state index contributed by atoms with van der Waals surface area (Å²) in [6.45, 7) is 3.26. The van der Waals surface area contributed by atoms with Gasteiger partial charge in [0.1, 0.15) is 0 Å². The molecule has 0 heterocycles. The molecule has 0 fully saturated rings. The van der Waals surface area contributed by atoms with Crippen LogP contribution in [0.15, 0.2) is 24.3 Å². The number of esters is 1. The highest BCUT2D eigenvalue weighted by atomic mass is 16.6.